The van der Waals surface area contributed by atoms with E-state index in [1.54, 1.807) is 17.2 Å². The van der Waals surface area contributed by atoms with Crippen LogP contribution in [0.25, 0.3) is 0 Å². The van der Waals surface area contributed by atoms with Crippen molar-refractivity contribution in [2.75, 3.05) is 36.0 Å². The lowest BCUT2D eigenvalue weighted by atomic mass is 10.1. The van der Waals surface area contributed by atoms with Gasteiger partial charge in [-0.2, -0.15) is 0 Å². The summed E-state index contributed by atoms with van der Waals surface area (Å²) < 4.78 is 23.5. The molecule has 138 valence electrons. The number of aromatic nitrogens is 1. The van der Waals surface area contributed by atoms with E-state index in [1.165, 1.54) is 12.8 Å². The number of sulfone groups is 1. The molecule has 0 aromatic carbocycles. The van der Waals surface area contributed by atoms with Crippen molar-refractivity contribution in [1.82, 2.24) is 9.88 Å². The van der Waals surface area contributed by atoms with Gasteiger partial charge in [0.1, 0.15) is 5.82 Å². The van der Waals surface area contributed by atoms with E-state index >= 15 is 0 Å². The van der Waals surface area contributed by atoms with Crippen LogP contribution in [0.1, 0.15) is 49.4 Å². The van der Waals surface area contributed by atoms with Crippen LogP contribution in [0, 0.1) is 0 Å². The molecule has 0 radical (unpaired) electrons. The summed E-state index contributed by atoms with van der Waals surface area (Å²) in [5, 5.41) is 0. The van der Waals surface area contributed by atoms with Gasteiger partial charge < -0.3 is 9.80 Å². The van der Waals surface area contributed by atoms with Crippen LogP contribution in [0.2, 0.25) is 0 Å². The Kier molecular flexibility index (Phi) is 5.61. The second-order valence-electron chi connectivity index (χ2n) is 6.95. The molecule has 3 rings (SSSR count). The Morgan fingerprint density at radius 2 is 2.00 bits per heavy atom. The van der Waals surface area contributed by atoms with Gasteiger partial charge in [0.15, 0.2) is 9.84 Å². The van der Waals surface area contributed by atoms with E-state index in [4.69, 9.17) is 0 Å². The number of rotatable bonds is 4. The first-order chi connectivity index (χ1) is 12.0. The molecule has 2 aliphatic rings. The maximum atomic E-state index is 13.0. The van der Waals surface area contributed by atoms with Crippen LogP contribution < -0.4 is 4.90 Å². The second kappa shape index (κ2) is 7.72. The number of pyridine rings is 1. The topological polar surface area (TPSA) is 70.6 Å². The summed E-state index contributed by atoms with van der Waals surface area (Å²) >= 11 is 0. The van der Waals surface area contributed by atoms with Crippen LogP contribution in [0.4, 0.5) is 5.82 Å². The van der Waals surface area contributed by atoms with E-state index in [-0.39, 0.29) is 23.5 Å². The number of amides is 1. The fourth-order valence-electron chi connectivity index (χ4n) is 3.78. The van der Waals surface area contributed by atoms with Crippen molar-refractivity contribution in [1.29, 1.82) is 0 Å². The molecule has 25 heavy (non-hydrogen) atoms. The largest absolute Gasteiger partial charge is 0.357 e. The maximum Gasteiger partial charge on any atom is 0.254 e. The summed E-state index contributed by atoms with van der Waals surface area (Å²) in [7, 11) is -3.01. The van der Waals surface area contributed by atoms with Crippen molar-refractivity contribution in [3.63, 3.8) is 0 Å². The number of hydrogen-bond acceptors (Lipinski definition) is 5. The number of hydrogen-bond donors (Lipinski definition) is 0. The highest BCUT2D eigenvalue weighted by Crippen LogP contribution is 2.22. The smallest absolute Gasteiger partial charge is 0.254 e. The summed E-state index contributed by atoms with van der Waals surface area (Å²) in [4.78, 5) is 21.4. The van der Waals surface area contributed by atoms with E-state index in [9.17, 15) is 13.2 Å². The number of nitrogens with zero attached hydrogens (tertiary/aromatic N) is 3. The van der Waals surface area contributed by atoms with Gasteiger partial charge in [-0.25, -0.2) is 13.4 Å². The molecule has 1 unspecified atom stereocenters. The lowest BCUT2D eigenvalue weighted by molar-refractivity contribution is 0.0708. The second-order valence-corrected chi connectivity index (χ2v) is 9.18. The Morgan fingerprint density at radius 3 is 2.60 bits per heavy atom. The molecule has 2 fully saturated rings. The van der Waals surface area contributed by atoms with E-state index in [0.717, 1.165) is 31.7 Å². The third-order valence-corrected chi connectivity index (χ3v) is 6.92. The zero-order valence-corrected chi connectivity index (χ0v) is 15.7. The standard InChI is InChI=1S/C18H27N3O3S/c1-2-21(16-8-12-25(23,24)14-16)18(22)15-7-9-19-17(13-15)20-10-5-3-4-6-11-20/h7,9,13,16H,2-6,8,10-12,14H2,1H3. The fraction of sp³-hybridized carbons (Fsp3) is 0.667. The Labute approximate surface area is 150 Å². The summed E-state index contributed by atoms with van der Waals surface area (Å²) in [5.41, 5.74) is 0.598. The molecule has 2 aliphatic heterocycles. The predicted molar refractivity (Wildman–Crippen MR) is 98.7 cm³/mol. The van der Waals surface area contributed by atoms with Crippen LogP contribution in [-0.4, -0.2) is 61.4 Å². The van der Waals surface area contributed by atoms with Crippen molar-refractivity contribution in [2.24, 2.45) is 0 Å². The third-order valence-electron chi connectivity index (χ3n) is 5.17. The summed E-state index contributed by atoms with van der Waals surface area (Å²) in [5.74, 6) is 1.01. The van der Waals surface area contributed by atoms with Gasteiger partial charge in [0.2, 0.25) is 0 Å². The Morgan fingerprint density at radius 1 is 1.28 bits per heavy atom. The first kappa shape index (κ1) is 18.2. The van der Waals surface area contributed by atoms with Gasteiger partial charge in [0.25, 0.3) is 5.91 Å². The number of carbonyl (C=O) groups is 1. The van der Waals surface area contributed by atoms with Gasteiger partial charge in [-0.3, -0.25) is 4.79 Å². The predicted octanol–water partition coefficient (Wildman–Crippen LogP) is 2.11. The minimum atomic E-state index is -3.01. The molecular weight excluding hydrogens is 338 g/mol. The summed E-state index contributed by atoms with van der Waals surface area (Å²) in [6, 6.07) is 3.38. The SMILES string of the molecule is CCN(C(=O)c1ccnc(N2CCCCCC2)c1)C1CCS(=O)(=O)C1. The van der Waals surface area contributed by atoms with Crippen LogP contribution in [0.5, 0.6) is 0 Å². The van der Waals surface area contributed by atoms with Crippen molar-refractivity contribution in [3.05, 3.63) is 23.9 Å². The average molecular weight is 365 g/mol. The molecule has 1 amide bonds. The quantitative estimate of drug-likeness (QED) is 0.817. The highest BCUT2D eigenvalue weighted by atomic mass is 32.2. The van der Waals surface area contributed by atoms with E-state index in [0.29, 0.717) is 18.5 Å². The lowest BCUT2D eigenvalue weighted by Crippen LogP contribution is -2.41. The minimum absolute atomic E-state index is 0.0800. The molecule has 6 nitrogen and oxygen atoms in total. The Bertz CT molecular complexity index is 712. The van der Waals surface area contributed by atoms with E-state index in [1.807, 2.05) is 13.0 Å². The van der Waals surface area contributed by atoms with E-state index < -0.39 is 9.84 Å². The molecule has 1 aromatic heterocycles. The highest BCUT2D eigenvalue weighted by molar-refractivity contribution is 7.91. The molecule has 0 bridgehead atoms. The monoisotopic (exact) mass is 365 g/mol. The van der Waals surface area contributed by atoms with Gasteiger partial charge >= 0.3 is 0 Å². The normalized spacial score (nSPS) is 23.2. The van der Waals surface area contributed by atoms with Crippen LogP contribution in [0.15, 0.2) is 18.3 Å². The molecule has 1 aromatic rings. The number of anilines is 1. The number of carbonyl (C=O) groups excluding carboxylic acids is 1. The fourth-order valence-corrected chi connectivity index (χ4v) is 5.51. The zero-order chi connectivity index (χ0) is 17.9. The van der Waals surface area contributed by atoms with Crippen LogP contribution >= 0.6 is 0 Å². The first-order valence-corrected chi connectivity index (χ1v) is 11.0. The minimum Gasteiger partial charge on any atom is -0.357 e. The van der Waals surface area contributed by atoms with Gasteiger partial charge in [0, 0.05) is 37.4 Å². The van der Waals surface area contributed by atoms with Gasteiger partial charge in [0.05, 0.1) is 11.5 Å². The first-order valence-electron chi connectivity index (χ1n) is 9.22. The molecule has 0 N–H and O–H groups in total. The maximum absolute atomic E-state index is 13.0. The Hall–Kier alpha value is -1.63. The molecular formula is C18H27N3O3S. The molecule has 7 heteroatoms. The molecule has 3 heterocycles. The summed E-state index contributed by atoms with van der Waals surface area (Å²) in [6.45, 7) is 4.37. The van der Waals surface area contributed by atoms with Crippen molar-refractivity contribution in [3.8, 4) is 0 Å². The molecule has 0 aliphatic carbocycles. The van der Waals surface area contributed by atoms with Crippen LogP contribution in [0.3, 0.4) is 0 Å². The summed E-state index contributed by atoms with van der Waals surface area (Å²) in [6.07, 6.45) is 7.02. The van der Waals surface area contributed by atoms with Crippen molar-refractivity contribution >= 4 is 21.6 Å². The lowest BCUT2D eigenvalue weighted by Gasteiger charge is -2.27. The highest BCUT2D eigenvalue weighted by Gasteiger charge is 2.34. The van der Waals surface area contributed by atoms with Gasteiger partial charge in [-0.15, -0.1) is 0 Å². The van der Waals surface area contributed by atoms with E-state index in [2.05, 4.69) is 9.88 Å². The Balaban J connectivity index is 1.78. The van der Waals surface area contributed by atoms with Crippen molar-refractivity contribution < 1.29 is 13.2 Å². The molecule has 0 spiro atoms. The molecule has 1 atom stereocenters. The van der Waals surface area contributed by atoms with Crippen molar-refractivity contribution in [2.45, 2.75) is 45.1 Å². The van der Waals surface area contributed by atoms with Gasteiger partial charge in [-0.05, 0) is 38.3 Å². The van der Waals surface area contributed by atoms with Crippen LogP contribution in [-0.2, 0) is 9.84 Å². The zero-order valence-electron chi connectivity index (χ0n) is 14.9. The molecule has 2 saturated heterocycles. The molecule has 0 saturated carbocycles. The van der Waals surface area contributed by atoms with Gasteiger partial charge in [-0.1, -0.05) is 12.8 Å². The average Bonchev–Trinajstić information content (AvgIpc) is 2.80. The third kappa shape index (κ3) is 4.32.